The van der Waals surface area contributed by atoms with Crippen LogP contribution in [0.1, 0.15) is 21.5 Å². The van der Waals surface area contributed by atoms with Crippen LogP contribution in [0.4, 0.5) is 5.69 Å². The van der Waals surface area contributed by atoms with Gasteiger partial charge in [-0.15, -0.1) is 0 Å². The van der Waals surface area contributed by atoms with Crippen molar-refractivity contribution in [1.82, 2.24) is 4.90 Å². The predicted molar refractivity (Wildman–Crippen MR) is 111 cm³/mol. The van der Waals surface area contributed by atoms with Crippen molar-refractivity contribution in [2.24, 2.45) is 0 Å². The fraction of sp³-hybridized carbons (Fsp3) is 0.381. The highest BCUT2D eigenvalue weighted by Crippen LogP contribution is 2.28. The first-order valence-electron chi connectivity index (χ1n) is 9.03. The summed E-state index contributed by atoms with van der Waals surface area (Å²) in [5.74, 6) is 3.36. The Balaban J connectivity index is 1.74. The normalized spacial score (nSPS) is 14.6. The molecule has 0 radical (unpaired) electrons. The molecule has 0 atom stereocenters. The van der Waals surface area contributed by atoms with Crippen LogP contribution in [0.25, 0.3) is 0 Å². The Morgan fingerprint density at radius 3 is 2.52 bits per heavy atom. The number of nitrogens with one attached hydrogen (secondary N) is 1. The summed E-state index contributed by atoms with van der Waals surface area (Å²) in [4.78, 5) is 15.2. The summed E-state index contributed by atoms with van der Waals surface area (Å²) in [6, 6.07) is 11.5. The summed E-state index contributed by atoms with van der Waals surface area (Å²) < 4.78 is 10.5. The van der Waals surface area contributed by atoms with Gasteiger partial charge in [0.15, 0.2) is 11.5 Å². The summed E-state index contributed by atoms with van der Waals surface area (Å²) in [6.45, 7) is 5.16. The molecule has 0 saturated carbocycles. The van der Waals surface area contributed by atoms with Crippen LogP contribution in [0, 0.1) is 6.92 Å². The van der Waals surface area contributed by atoms with Gasteiger partial charge in [-0.1, -0.05) is 12.1 Å². The molecule has 1 saturated heterocycles. The van der Waals surface area contributed by atoms with Crippen molar-refractivity contribution in [3.8, 4) is 11.5 Å². The third-order valence-electron chi connectivity index (χ3n) is 4.71. The molecule has 1 aliphatic rings. The highest BCUT2D eigenvalue weighted by molar-refractivity contribution is 7.99. The van der Waals surface area contributed by atoms with E-state index in [0.29, 0.717) is 17.1 Å². The van der Waals surface area contributed by atoms with Crippen LogP contribution in [0.3, 0.4) is 0 Å². The number of aryl methyl sites for hydroxylation is 1. The van der Waals surface area contributed by atoms with Gasteiger partial charge < -0.3 is 14.8 Å². The van der Waals surface area contributed by atoms with Gasteiger partial charge in [0, 0.05) is 42.4 Å². The van der Waals surface area contributed by atoms with E-state index >= 15 is 0 Å². The van der Waals surface area contributed by atoms with Crippen molar-refractivity contribution in [2.75, 3.05) is 44.1 Å². The molecule has 1 amide bonds. The second-order valence-electron chi connectivity index (χ2n) is 6.56. The van der Waals surface area contributed by atoms with Crippen LogP contribution in [0.15, 0.2) is 36.4 Å². The van der Waals surface area contributed by atoms with E-state index in [1.807, 2.05) is 18.7 Å². The number of benzene rings is 2. The Hall–Kier alpha value is -2.18. The van der Waals surface area contributed by atoms with Crippen LogP contribution >= 0.6 is 11.8 Å². The number of methoxy groups -OCH3 is 2. The summed E-state index contributed by atoms with van der Waals surface area (Å²) in [5.41, 5.74) is 3.64. The molecule has 5 nitrogen and oxygen atoms in total. The number of carbonyl (C=O) groups is 1. The number of hydrogen-bond acceptors (Lipinski definition) is 5. The zero-order valence-corrected chi connectivity index (χ0v) is 16.9. The summed E-state index contributed by atoms with van der Waals surface area (Å²) >= 11 is 2.01. The molecule has 0 spiro atoms. The first kappa shape index (κ1) is 19.6. The van der Waals surface area contributed by atoms with E-state index in [0.717, 1.165) is 30.9 Å². The Bertz CT molecular complexity index is 804. The number of nitrogens with zero attached hydrogens (tertiary/aromatic N) is 1. The second kappa shape index (κ2) is 9.15. The van der Waals surface area contributed by atoms with E-state index < -0.39 is 0 Å². The minimum Gasteiger partial charge on any atom is -0.493 e. The molecule has 144 valence electrons. The summed E-state index contributed by atoms with van der Waals surface area (Å²) in [7, 11) is 3.14. The smallest absolute Gasteiger partial charge is 0.255 e. The number of amides is 1. The molecule has 2 aromatic carbocycles. The molecule has 1 N–H and O–H groups in total. The molecule has 27 heavy (non-hydrogen) atoms. The van der Waals surface area contributed by atoms with Crippen LogP contribution in [0.5, 0.6) is 11.5 Å². The lowest BCUT2D eigenvalue weighted by molar-refractivity contribution is 0.102. The van der Waals surface area contributed by atoms with E-state index in [9.17, 15) is 4.79 Å². The number of rotatable bonds is 6. The molecule has 0 aliphatic carbocycles. The molecular formula is C21H26N2O3S. The average molecular weight is 387 g/mol. The zero-order chi connectivity index (χ0) is 19.2. The van der Waals surface area contributed by atoms with Crippen molar-refractivity contribution in [1.29, 1.82) is 0 Å². The van der Waals surface area contributed by atoms with Gasteiger partial charge in [0.25, 0.3) is 5.91 Å². The molecule has 0 bridgehead atoms. The molecule has 1 heterocycles. The Morgan fingerprint density at radius 1 is 1.07 bits per heavy atom. The molecule has 0 unspecified atom stereocenters. The molecule has 3 rings (SSSR count). The first-order valence-corrected chi connectivity index (χ1v) is 10.2. The minimum atomic E-state index is -0.162. The number of thioether (sulfide) groups is 1. The molecule has 1 aliphatic heterocycles. The third kappa shape index (κ3) is 4.96. The van der Waals surface area contributed by atoms with Gasteiger partial charge in [0.2, 0.25) is 0 Å². The van der Waals surface area contributed by atoms with E-state index in [1.54, 1.807) is 32.4 Å². The van der Waals surface area contributed by atoms with Gasteiger partial charge in [-0.25, -0.2) is 0 Å². The lowest BCUT2D eigenvalue weighted by atomic mass is 10.1. The predicted octanol–water partition coefficient (Wildman–Crippen LogP) is 3.81. The van der Waals surface area contributed by atoms with Crippen LogP contribution in [-0.2, 0) is 6.54 Å². The molecule has 2 aromatic rings. The maximum atomic E-state index is 12.7. The monoisotopic (exact) mass is 386 g/mol. The van der Waals surface area contributed by atoms with Crippen molar-refractivity contribution in [2.45, 2.75) is 13.5 Å². The van der Waals surface area contributed by atoms with E-state index in [1.165, 1.54) is 17.1 Å². The standard InChI is InChI=1S/C21H26N2O3S/c1-15-4-5-16(14-23-8-10-27-11-9-23)12-18(15)22-21(24)17-6-7-19(25-2)20(13-17)26-3/h4-7,12-13H,8-11,14H2,1-3H3,(H,22,24). The molecule has 1 fully saturated rings. The highest BCUT2D eigenvalue weighted by Gasteiger charge is 2.14. The summed E-state index contributed by atoms with van der Waals surface area (Å²) in [5, 5.41) is 3.03. The Morgan fingerprint density at radius 2 is 1.81 bits per heavy atom. The summed E-state index contributed by atoms with van der Waals surface area (Å²) in [6.07, 6.45) is 0. The lowest BCUT2D eigenvalue weighted by Crippen LogP contribution is -2.32. The van der Waals surface area contributed by atoms with Crippen LogP contribution in [-0.4, -0.2) is 49.6 Å². The minimum absolute atomic E-state index is 0.162. The lowest BCUT2D eigenvalue weighted by Gasteiger charge is -2.26. The van der Waals surface area contributed by atoms with Gasteiger partial charge in [-0.05, 0) is 42.3 Å². The largest absolute Gasteiger partial charge is 0.493 e. The number of hydrogen-bond donors (Lipinski definition) is 1. The van der Waals surface area contributed by atoms with E-state index in [2.05, 4.69) is 28.4 Å². The number of carbonyl (C=O) groups excluding carboxylic acids is 1. The first-order chi connectivity index (χ1) is 13.1. The van der Waals surface area contributed by atoms with Gasteiger partial charge >= 0.3 is 0 Å². The topological polar surface area (TPSA) is 50.8 Å². The number of anilines is 1. The molecule has 6 heteroatoms. The Kier molecular flexibility index (Phi) is 6.63. The van der Waals surface area contributed by atoms with Crippen molar-refractivity contribution in [3.05, 3.63) is 53.1 Å². The fourth-order valence-corrected chi connectivity index (χ4v) is 4.07. The van der Waals surface area contributed by atoms with Gasteiger partial charge in [0.05, 0.1) is 14.2 Å². The van der Waals surface area contributed by atoms with E-state index in [4.69, 9.17) is 9.47 Å². The van der Waals surface area contributed by atoms with Crippen molar-refractivity contribution in [3.63, 3.8) is 0 Å². The highest BCUT2D eigenvalue weighted by atomic mass is 32.2. The maximum Gasteiger partial charge on any atom is 0.255 e. The third-order valence-corrected chi connectivity index (χ3v) is 5.65. The second-order valence-corrected chi connectivity index (χ2v) is 7.79. The quantitative estimate of drug-likeness (QED) is 0.818. The van der Waals surface area contributed by atoms with Crippen LogP contribution in [0.2, 0.25) is 0 Å². The Labute approximate surface area is 165 Å². The van der Waals surface area contributed by atoms with Crippen molar-refractivity contribution < 1.29 is 14.3 Å². The van der Waals surface area contributed by atoms with Crippen LogP contribution < -0.4 is 14.8 Å². The molecule has 0 aromatic heterocycles. The van der Waals surface area contributed by atoms with Gasteiger partial charge in [0.1, 0.15) is 0 Å². The molecular weight excluding hydrogens is 360 g/mol. The van der Waals surface area contributed by atoms with Crippen molar-refractivity contribution >= 4 is 23.4 Å². The maximum absolute atomic E-state index is 12.7. The average Bonchev–Trinajstić information content (AvgIpc) is 2.70. The van der Waals surface area contributed by atoms with E-state index in [-0.39, 0.29) is 5.91 Å². The zero-order valence-electron chi connectivity index (χ0n) is 16.1. The fourth-order valence-electron chi connectivity index (χ4n) is 3.09. The number of ether oxygens (including phenoxy) is 2. The van der Waals surface area contributed by atoms with Gasteiger partial charge in [-0.2, -0.15) is 11.8 Å². The SMILES string of the molecule is COc1ccc(C(=O)Nc2cc(CN3CCSCC3)ccc2C)cc1OC. The van der Waals surface area contributed by atoms with Gasteiger partial charge in [-0.3, -0.25) is 9.69 Å².